The Balaban J connectivity index is 2.01. The molecule has 7 nitrogen and oxygen atoms in total. The van der Waals surface area contributed by atoms with E-state index in [1.165, 1.54) is 12.0 Å². The Kier molecular flexibility index (Phi) is 6.53. The van der Waals surface area contributed by atoms with Gasteiger partial charge in [-0.3, -0.25) is 4.79 Å². The van der Waals surface area contributed by atoms with Crippen LogP contribution in [-0.4, -0.2) is 53.8 Å². The lowest BCUT2D eigenvalue weighted by Crippen LogP contribution is -2.31. The Morgan fingerprint density at radius 3 is 2.66 bits per heavy atom. The van der Waals surface area contributed by atoms with Crippen LogP contribution in [0.5, 0.6) is 0 Å². The van der Waals surface area contributed by atoms with Crippen LogP contribution in [-0.2, 0) is 14.3 Å². The number of hydrogen-bond acceptors (Lipinski definition) is 6. The van der Waals surface area contributed by atoms with Crippen LogP contribution < -0.4 is 5.32 Å². The number of amides is 1. The van der Waals surface area contributed by atoms with Gasteiger partial charge >= 0.3 is 5.97 Å². The molecule has 0 saturated heterocycles. The number of β-amino-alcohol motifs (C(OH)–C–C–N with tert-alkyl or cyclic N) is 1. The zero-order valence-corrected chi connectivity index (χ0v) is 16.5. The highest BCUT2D eigenvalue weighted by molar-refractivity contribution is 6.31. The quantitative estimate of drug-likeness (QED) is 0.598. The van der Waals surface area contributed by atoms with E-state index in [1.807, 2.05) is 18.2 Å². The second-order valence-corrected chi connectivity index (χ2v) is 6.90. The number of carbonyl (C=O) groups is 2. The number of nitrogens with one attached hydrogen (secondary N) is 1. The van der Waals surface area contributed by atoms with Gasteiger partial charge in [0.15, 0.2) is 0 Å². The van der Waals surface area contributed by atoms with E-state index in [9.17, 15) is 19.8 Å². The maximum absolute atomic E-state index is 12.8. The second kappa shape index (κ2) is 9.09. The van der Waals surface area contributed by atoms with Gasteiger partial charge in [-0.05, 0) is 17.7 Å². The standard InChI is InChI=1S/C21H21ClN2O5/c1-29-21(28)16-12-24(9-10-25)20(27)18(16)23-17-11-14(22)7-8-15(17)19(26)13-5-3-2-4-6-13/h2-8,11,19,23,25-26H,9-10,12H2,1H3. The van der Waals surface area contributed by atoms with Crippen molar-refractivity contribution in [2.75, 3.05) is 32.1 Å². The summed E-state index contributed by atoms with van der Waals surface area (Å²) < 4.78 is 4.79. The third kappa shape index (κ3) is 4.42. The predicted molar refractivity (Wildman–Crippen MR) is 108 cm³/mol. The van der Waals surface area contributed by atoms with E-state index in [0.717, 1.165) is 0 Å². The first kappa shape index (κ1) is 20.9. The Bertz CT molecular complexity index is 945. The van der Waals surface area contributed by atoms with Gasteiger partial charge < -0.3 is 25.2 Å². The van der Waals surface area contributed by atoms with E-state index in [4.69, 9.17) is 16.3 Å². The number of carbonyl (C=O) groups excluding carboxylic acids is 2. The summed E-state index contributed by atoms with van der Waals surface area (Å²) in [5, 5.41) is 23.4. The molecule has 3 N–H and O–H groups in total. The summed E-state index contributed by atoms with van der Waals surface area (Å²) in [6.45, 7) is -0.131. The highest BCUT2D eigenvalue weighted by Crippen LogP contribution is 2.33. The monoisotopic (exact) mass is 416 g/mol. The average Bonchev–Trinajstić information content (AvgIpc) is 3.04. The van der Waals surface area contributed by atoms with Crippen LogP contribution >= 0.6 is 11.6 Å². The van der Waals surface area contributed by atoms with Crippen molar-refractivity contribution >= 4 is 29.2 Å². The van der Waals surface area contributed by atoms with Crippen molar-refractivity contribution < 1.29 is 24.5 Å². The molecule has 1 atom stereocenters. The fourth-order valence-electron chi connectivity index (χ4n) is 3.17. The molecule has 152 valence electrons. The zero-order valence-electron chi connectivity index (χ0n) is 15.8. The third-order valence-corrected chi connectivity index (χ3v) is 4.87. The van der Waals surface area contributed by atoms with Gasteiger partial charge in [0.25, 0.3) is 5.91 Å². The van der Waals surface area contributed by atoms with Crippen molar-refractivity contribution in [2.45, 2.75) is 6.10 Å². The molecule has 1 amide bonds. The lowest BCUT2D eigenvalue weighted by molar-refractivity contribution is -0.136. The molecule has 8 heteroatoms. The van der Waals surface area contributed by atoms with Gasteiger partial charge in [0.2, 0.25) is 0 Å². The van der Waals surface area contributed by atoms with Crippen LogP contribution in [0.1, 0.15) is 17.2 Å². The summed E-state index contributed by atoms with van der Waals surface area (Å²) in [7, 11) is 1.23. The molecule has 2 aromatic carbocycles. The van der Waals surface area contributed by atoms with Crippen LogP contribution in [0.15, 0.2) is 59.8 Å². The number of hydrogen-bond donors (Lipinski definition) is 3. The molecule has 0 aliphatic carbocycles. The molecule has 0 aromatic heterocycles. The number of ether oxygens (including phenoxy) is 1. The van der Waals surface area contributed by atoms with Crippen molar-refractivity contribution in [3.8, 4) is 0 Å². The fraction of sp³-hybridized carbons (Fsp3) is 0.238. The predicted octanol–water partition coefficient (Wildman–Crippen LogP) is 2.10. The summed E-state index contributed by atoms with van der Waals surface area (Å²) in [4.78, 5) is 26.3. The van der Waals surface area contributed by atoms with Gasteiger partial charge in [0.05, 0.1) is 25.8 Å². The summed E-state index contributed by atoms with van der Waals surface area (Å²) >= 11 is 6.14. The number of benzene rings is 2. The zero-order chi connectivity index (χ0) is 21.0. The van der Waals surface area contributed by atoms with Gasteiger partial charge in [0.1, 0.15) is 11.8 Å². The molecular formula is C21H21ClN2O5. The van der Waals surface area contributed by atoms with Crippen molar-refractivity contribution in [1.29, 1.82) is 0 Å². The minimum Gasteiger partial charge on any atom is -0.466 e. The molecule has 0 spiro atoms. The van der Waals surface area contributed by atoms with Crippen LogP contribution in [0, 0.1) is 0 Å². The highest BCUT2D eigenvalue weighted by Gasteiger charge is 2.35. The molecule has 0 fully saturated rings. The number of nitrogens with zero attached hydrogens (tertiary/aromatic N) is 1. The molecule has 0 bridgehead atoms. The highest BCUT2D eigenvalue weighted by atomic mass is 35.5. The third-order valence-electron chi connectivity index (χ3n) is 4.64. The van der Waals surface area contributed by atoms with Crippen LogP contribution in [0.3, 0.4) is 0 Å². The summed E-state index contributed by atoms with van der Waals surface area (Å²) in [5.41, 5.74) is 1.73. The van der Waals surface area contributed by atoms with Crippen LogP contribution in [0.25, 0.3) is 0 Å². The number of methoxy groups -OCH3 is 1. The topological polar surface area (TPSA) is 99.1 Å². The molecule has 2 aromatic rings. The molecule has 0 saturated carbocycles. The molecule has 29 heavy (non-hydrogen) atoms. The first-order valence-corrected chi connectivity index (χ1v) is 9.35. The number of aliphatic hydroxyl groups is 2. The maximum atomic E-state index is 12.8. The average molecular weight is 417 g/mol. The smallest absolute Gasteiger partial charge is 0.337 e. The largest absolute Gasteiger partial charge is 0.466 e. The number of anilines is 1. The number of rotatable bonds is 7. The Morgan fingerprint density at radius 2 is 2.00 bits per heavy atom. The minimum atomic E-state index is -0.969. The van der Waals surface area contributed by atoms with Crippen molar-refractivity contribution in [3.63, 3.8) is 0 Å². The molecule has 0 radical (unpaired) electrons. The van der Waals surface area contributed by atoms with E-state index in [2.05, 4.69) is 5.32 Å². The van der Waals surface area contributed by atoms with Crippen molar-refractivity contribution in [3.05, 3.63) is 76.0 Å². The second-order valence-electron chi connectivity index (χ2n) is 6.47. The summed E-state index contributed by atoms with van der Waals surface area (Å²) in [5.74, 6) is -1.09. The normalized spacial score (nSPS) is 14.9. The SMILES string of the molecule is COC(=O)C1=C(Nc2cc(Cl)ccc2C(O)c2ccccc2)C(=O)N(CCO)C1. The van der Waals surface area contributed by atoms with E-state index in [1.54, 1.807) is 30.3 Å². The lowest BCUT2D eigenvalue weighted by atomic mass is 9.99. The van der Waals surface area contributed by atoms with Gasteiger partial charge in [-0.1, -0.05) is 48.0 Å². The van der Waals surface area contributed by atoms with E-state index < -0.39 is 18.0 Å². The van der Waals surface area contributed by atoms with Gasteiger partial charge in [-0.25, -0.2) is 4.79 Å². The molecule has 1 unspecified atom stereocenters. The molecule has 3 rings (SSSR count). The molecule has 1 aliphatic heterocycles. The lowest BCUT2D eigenvalue weighted by Gasteiger charge is -2.19. The number of esters is 1. The van der Waals surface area contributed by atoms with Crippen molar-refractivity contribution in [2.24, 2.45) is 0 Å². The Morgan fingerprint density at radius 1 is 1.28 bits per heavy atom. The molecule has 1 heterocycles. The first-order chi connectivity index (χ1) is 14.0. The summed E-state index contributed by atoms with van der Waals surface area (Å²) in [6.07, 6.45) is -0.969. The number of aliphatic hydroxyl groups excluding tert-OH is 2. The minimum absolute atomic E-state index is 0.0194. The maximum Gasteiger partial charge on any atom is 0.337 e. The number of halogens is 1. The fourth-order valence-corrected chi connectivity index (χ4v) is 3.35. The van der Waals surface area contributed by atoms with Gasteiger partial charge in [0, 0.05) is 22.8 Å². The van der Waals surface area contributed by atoms with E-state index >= 15 is 0 Å². The van der Waals surface area contributed by atoms with E-state index in [-0.39, 0.29) is 31.0 Å². The Hall–Kier alpha value is -2.87. The Labute approximate surface area is 173 Å². The molecular weight excluding hydrogens is 396 g/mol. The van der Waals surface area contributed by atoms with E-state index in [0.29, 0.717) is 21.8 Å². The van der Waals surface area contributed by atoms with Crippen LogP contribution in [0.2, 0.25) is 5.02 Å². The van der Waals surface area contributed by atoms with Gasteiger partial charge in [-0.2, -0.15) is 0 Å². The molecule has 1 aliphatic rings. The first-order valence-electron chi connectivity index (χ1n) is 8.97. The van der Waals surface area contributed by atoms with Gasteiger partial charge in [-0.15, -0.1) is 0 Å². The van der Waals surface area contributed by atoms with Crippen molar-refractivity contribution in [1.82, 2.24) is 4.90 Å². The van der Waals surface area contributed by atoms with Crippen LogP contribution in [0.4, 0.5) is 5.69 Å². The summed E-state index contributed by atoms with van der Waals surface area (Å²) in [6, 6.07) is 13.9.